The number of amides is 1. The molecule has 0 unspecified atom stereocenters. The predicted molar refractivity (Wildman–Crippen MR) is 94.1 cm³/mol. The standard InChI is InChI=1S/C17H21N7O/c1-9-6-19-17(21-12-7-20-24(2)8-12)23-16(9)22-14-11-4-3-10(5-11)13(14)15(18)25/h3-4,6-8,10-11,13-14H,5H2,1-2H3,(H2,18,25)(H2,19,21,22,23)/t10-,11-,13-,14+/m0/s1. The van der Waals surface area contributed by atoms with Crippen molar-refractivity contribution in [1.29, 1.82) is 0 Å². The number of anilines is 3. The van der Waals surface area contributed by atoms with Crippen molar-refractivity contribution < 1.29 is 4.79 Å². The third-order valence-corrected chi connectivity index (χ3v) is 5.02. The molecule has 2 heterocycles. The van der Waals surface area contributed by atoms with E-state index in [1.807, 2.05) is 20.2 Å². The van der Waals surface area contributed by atoms with Gasteiger partial charge in [0.1, 0.15) is 5.82 Å². The summed E-state index contributed by atoms with van der Waals surface area (Å²) in [6.07, 6.45) is 10.6. The van der Waals surface area contributed by atoms with Crippen molar-refractivity contribution in [2.24, 2.45) is 30.5 Å². The number of aromatic nitrogens is 4. The third kappa shape index (κ3) is 2.84. The molecule has 1 amide bonds. The minimum atomic E-state index is -0.255. The van der Waals surface area contributed by atoms with Crippen LogP contribution in [0.25, 0.3) is 0 Å². The summed E-state index contributed by atoms with van der Waals surface area (Å²) in [6.45, 7) is 1.94. The van der Waals surface area contributed by atoms with Crippen molar-refractivity contribution in [1.82, 2.24) is 19.7 Å². The fourth-order valence-electron chi connectivity index (χ4n) is 3.83. The number of hydrogen-bond acceptors (Lipinski definition) is 6. The maximum absolute atomic E-state index is 11.9. The quantitative estimate of drug-likeness (QED) is 0.709. The molecule has 8 heteroatoms. The summed E-state index contributed by atoms with van der Waals surface area (Å²) in [5.41, 5.74) is 7.37. The van der Waals surface area contributed by atoms with Crippen LogP contribution in [0.5, 0.6) is 0 Å². The Labute approximate surface area is 145 Å². The predicted octanol–water partition coefficient (Wildman–Crippen LogP) is 1.35. The Morgan fingerprint density at radius 3 is 2.84 bits per heavy atom. The third-order valence-electron chi connectivity index (χ3n) is 5.02. The molecule has 2 bridgehead atoms. The van der Waals surface area contributed by atoms with Crippen LogP contribution in [0.4, 0.5) is 17.5 Å². The molecule has 4 rings (SSSR count). The Kier molecular flexibility index (Phi) is 3.67. The molecule has 4 atom stereocenters. The van der Waals surface area contributed by atoms with Gasteiger partial charge in [0, 0.05) is 31.0 Å². The number of nitrogens with two attached hydrogens (primary N) is 1. The van der Waals surface area contributed by atoms with Gasteiger partial charge in [0.15, 0.2) is 0 Å². The number of carbonyl (C=O) groups is 1. The Bertz CT molecular complexity index is 843. The van der Waals surface area contributed by atoms with Crippen molar-refractivity contribution in [3.05, 3.63) is 36.3 Å². The zero-order valence-electron chi connectivity index (χ0n) is 14.2. The second-order valence-corrected chi connectivity index (χ2v) is 6.80. The first-order valence-electron chi connectivity index (χ1n) is 8.35. The minimum absolute atomic E-state index is 0.0210. The lowest BCUT2D eigenvalue weighted by Crippen LogP contribution is -2.41. The van der Waals surface area contributed by atoms with E-state index in [9.17, 15) is 4.79 Å². The molecule has 0 spiro atoms. The van der Waals surface area contributed by atoms with E-state index in [-0.39, 0.29) is 23.8 Å². The molecular formula is C17H21N7O. The van der Waals surface area contributed by atoms with Gasteiger partial charge < -0.3 is 16.4 Å². The monoisotopic (exact) mass is 339 g/mol. The molecule has 4 N–H and O–H groups in total. The zero-order valence-corrected chi connectivity index (χ0v) is 14.2. The molecule has 8 nitrogen and oxygen atoms in total. The Morgan fingerprint density at radius 2 is 2.12 bits per heavy atom. The summed E-state index contributed by atoms with van der Waals surface area (Å²) in [5, 5.41) is 10.7. The van der Waals surface area contributed by atoms with Crippen molar-refractivity contribution in [2.75, 3.05) is 10.6 Å². The van der Waals surface area contributed by atoms with E-state index < -0.39 is 0 Å². The van der Waals surface area contributed by atoms with Gasteiger partial charge in [-0.15, -0.1) is 0 Å². The second kappa shape index (κ2) is 5.87. The number of fused-ring (bicyclic) bond motifs is 2. The van der Waals surface area contributed by atoms with E-state index in [2.05, 4.69) is 37.9 Å². The number of hydrogen-bond donors (Lipinski definition) is 3. The largest absolute Gasteiger partial charge is 0.369 e. The second-order valence-electron chi connectivity index (χ2n) is 6.80. The highest BCUT2D eigenvalue weighted by atomic mass is 16.1. The highest BCUT2D eigenvalue weighted by molar-refractivity contribution is 5.79. The Hall–Kier alpha value is -2.90. The molecule has 130 valence electrons. The van der Waals surface area contributed by atoms with Crippen LogP contribution in [-0.2, 0) is 11.8 Å². The van der Waals surface area contributed by atoms with Gasteiger partial charge in [-0.1, -0.05) is 12.2 Å². The van der Waals surface area contributed by atoms with Gasteiger partial charge in [0.25, 0.3) is 0 Å². The maximum Gasteiger partial charge on any atom is 0.229 e. The molecule has 1 fully saturated rings. The summed E-state index contributed by atoms with van der Waals surface area (Å²) < 4.78 is 1.70. The lowest BCUT2D eigenvalue weighted by atomic mass is 9.88. The number of carbonyl (C=O) groups excluding carboxylic acids is 1. The summed E-state index contributed by atoms with van der Waals surface area (Å²) in [4.78, 5) is 20.8. The highest BCUT2D eigenvalue weighted by Gasteiger charge is 2.47. The zero-order chi connectivity index (χ0) is 17.6. The SMILES string of the molecule is Cc1cnc(Nc2cnn(C)c2)nc1N[C@H]1[C@@H](C(N)=O)[C@H]2C=C[C@H]1C2. The summed E-state index contributed by atoms with van der Waals surface area (Å²) in [6, 6.07) is -0.0210. The van der Waals surface area contributed by atoms with Crippen LogP contribution in [0.2, 0.25) is 0 Å². The number of aryl methyl sites for hydroxylation is 2. The van der Waals surface area contributed by atoms with E-state index in [0.717, 1.165) is 23.5 Å². The van der Waals surface area contributed by atoms with Gasteiger partial charge in [0.2, 0.25) is 11.9 Å². The lowest BCUT2D eigenvalue weighted by molar-refractivity contribution is -0.122. The van der Waals surface area contributed by atoms with Crippen molar-refractivity contribution in [2.45, 2.75) is 19.4 Å². The first-order chi connectivity index (χ1) is 12.0. The number of allylic oxidation sites excluding steroid dienone is 1. The first-order valence-corrected chi connectivity index (χ1v) is 8.35. The average molecular weight is 339 g/mol. The lowest BCUT2D eigenvalue weighted by Gasteiger charge is -2.27. The van der Waals surface area contributed by atoms with Crippen LogP contribution in [-0.4, -0.2) is 31.7 Å². The molecule has 0 aromatic carbocycles. The van der Waals surface area contributed by atoms with E-state index >= 15 is 0 Å². The van der Waals surface area contributed by atoms with Crippen molar-refractivity contribution >= 4 is 23.4 Å². The van der Waals surface area contributed by atoms with E-state index in [1.165, 1.54) is 0 Å². The van der Waals surface area contributed by atoms with Crippen LogP contribution < -0.4 is 16.4 Å². The van der Waals surface area contributed by atoms with Gasteiger partial charge in [-0.2, -0.15) is 10.1 Å². The Balaban J connectivity index is 1.57. The highest BCUT2D eigenvalue weighted by Crippen LogP contribution is 2.44. The molecule has 2 aromatic heterocycles. The number of nitrogens with zero attached hydrogens (tertiary/aromatic N) is 4. The Morgan fingerprint density at radius 1 is 1.32 bits per heavy atom. The van der Waals surface area contributed by atoms with Crippen LogP contribution in [0.15, 0.2) is 30.7 Å². The fraction of sp³-hybridized carbons (Fsp3) is 0.412. The van der Waals surface area contributed by atoms with Gasteiger partial charge in [-0.05, 0) is 25.2 Å². The van der Waals surface area contributed by atoms with Gasteiger partial charge in [-0.25, -0.2) is 4.98 Å². The molecule has 1 saturated carbocycles. The molecular weight excluding hydrogens is 318 g/mol. The summed E-state index contributed by atoms with van der Waals surface area (Å²) in [7, 11) is 1.85. The average Bonchev–Trinajstić information content (AvgIpc) is 3.26. The molecule has 0 saturated heterocycles. The smallest absolute Gasteiger partial charge is 0.229 e. The van der Waals surface area contributed by atoms with E-state index in [0.29, 0.717) is 11.9 Å². The molecule has 0 aliphatic heterocycles. The van der Waals surface area contributed by atoms with Gasteiger partial charge in [-0.3, -0.25) is 9.48 Å². The van der Waals surface area contributed by atoms with Gasteiger partial charge in [0.05, 0.1) is 17.8 Å². The molecule has 2 aliphatic carbocycles. The molecule has 2 aromatic rings. The first kappa shape index (κ1) is 15.6. The van der Waals surface area contributed by atoms with Crippen LogP contribution in [0.3, 0.4) is 0 Å². The van der Waals surface area contributed by atoms with Crippen molar-refractivity contribution in [3.8, 4) is 0 Å². The van der Waals surface area contributed by atoms with Crippen LogP contribution in [0, 0.1) is 24.7 Å². The molecule has 2 aliphatic rings. The summed E-state index contributed by atoms with van der Waals surface area (Å²) >= 11 is 0. The molecule has 25 heavy (non-hydrogen) atoms. The maximum atomic E-state index is 11.9. The van der Waals surface area contributed by atoms with E-state index in [1.54, 1.807) is 17.1 Å². The van der Waals surface area contributed by atoms with Crippen LogP contribution in [0.1, 0.15) is 12.0 Å². The molecule has 0 radical (unpaired) electrons. The number of rotatable bonds is 5. The minimum Gasteiger partial charge on any atom is -0.369 e. The topological polar surface area (TPSA) is 111 Å². The number of primary amides is 1. The van der Waals surface area contributed by atoms with Gasteiger partial charge >= 0.3 is 0 Å². The summed E-state index contributed by atoms with van der Waals surface area (Å²) in [5.74, 6) is 1.30. The van der Waals surface area contributed by atoms with Crippen molar-refractivity contribution in [3.63, 3.8) is 0 Å². The normalized spacial score (nSPS) is 26.8. The van der Waals surface area contributed by atoms with Crippen LogP contribution >= 0.6 is 0 Å². The van der Waals surface area contributed by atoms with E-state index in [4.69, 9.17) is 5.73 Å². The fourth-order valence-corrected chi connectivity index (χ4v) is 3.83. The number of nitrogens with one attached hydrogen (secondary N) is 2.